The lowest BCUT2D eigenvalue weighted by atomic mass is 9.62. The molecule has 0 unspecified atom stereocenters. The number of imidazole rings is 1. The van der Waals surface area contributed by atoms with Gasteiger partial charge in [-0.1, -0.05) is 0 Å². The van der Waals surface area contributed by atoms with Gasteiger partial charge < -0.3 is 23.9 Å². The van der Waals surface area contributed by atoms with Gasteiger partial charge in [-0.25, -0.2) is 4.98 Å². The van der Waals surface area contributed by atoms with Gasteiger partial charge in [0.1, 0.15) is 23.2 Å². The zero-order valence-corrected chi connectivity index (χ0v) is 18.3. The minimum atomic E-state index is -3.02. The van der Waals surface area contributed by atoms with Crippen molar-refractivity contribution in [3.63, 3.8) is 0 Å². The lowest BCUT2D eigenvalue weighted by molar-refractivity contribution is -0.0798. The lowest BCUT2D eigenvalue weighted by Gasteiger charge is -2.41. The van der Waals surface area contributed by atoms with Crippen molar-refractivity contribution >= 4 is 17.2 Å². The quantitative estimate of drug-likeness (QED) is 0.593. The number of hydrogen-bond acceptors (Lipinski definition) is 6. The van der Waals surface area contributed by atoms with Gasteiger partial charge in [0.2, 0.25) is 0 Å². The summed E-state index contributed by atoms with van der Waals surface area (Å²) in [6, 6.07) is 4.22. The summed E-state index contributed by atoms with van der Waals surface area (Å²) in [6.45, 7) is 0.462. The number of aromatic nitrogens is 3. The second-order valence-corrected chi connectivity index (χ2v) is 9.46. The zero-order chi connectivity index (χ0) is 23.7. The Morgan fingerprint density at radius 1 is 1.32 bits per heavy atom. The highest BCUT2D eigenvalue weighted by atomic mass is 19.3. The van der Waals surface area contributed by atoms with E-state index in [1.54, 1.807) is 16.7 Å². The average molecular weight is 472 g/mol. The predicted octanol–water partition coefficient (Wildman–Crippen LogP) is 2.74. The van der Waals surface area contributed by atoms with Gasteiger partial charge in [0, 0.05) is 30.1 Å². The van der Waals surface area contributed by atoms with E-state index in [0.29, 0.717) is 25.5 Å². The maximum atomic E-state index is 13.2. The first-order valence-corrected chi connectivity index (χ1v) is 11.0. The number of ether oxygens (including phenoxy) is 3. The van der Waals surface area contributed by atoms with E-state index in [1.165, 1.54) is 12.1 Å². The predicted molar refractivity (Wildman–Crippen MR) is 116 cm³/mol. The van der Waals surface area contributed by atoms with Crippen LogP contribution in [0.2, 0.25) is 0 Å². The smallest absolute Gasteiger partial charge is 0.321 e. The number of nitrogens with one attached hydrogen (secondary N) is 1. The van der Waals surface area contributed by atoms with Gasteiger partial charge in [-0.2, -0.15) is 8.78 Å². The Morgan fingerprint density at radius 3 is 2.76 bits per heavy atom. The Labute approximate surface area is 192 Å². The average Bonchev–Trinajstić information content (AvgIpc) is 3.41. The fourth-order valence-corrected chi connectivity index (χ4v) is 5.10. The van der Waals surface area contributed by atoms with Gasteiger partial charge in [-0.05, 0) is 31.9 Å². The van der Waals surface area contributed by atoms with E-state index in [2.05, 4.69) is 12.2 Å². The van der Waals surface area contributed by atoms with E-state index in [9.17, 15) is 18.4 Å². The van der Waals surface area contributed by atoms with E-state index >= 15 is 0 Å². The van der Waals surface area contributed by atoms with Crippen LogP contribution in [0.1, 0.15) is 42.4 Å². The second-order valence-electron chi connectivity index (χ2n) is 9.46. The molecule has 6 heterocycles. The molecule has 3 aromatic rings. The lowest BCUT2D eigenvalue weighted by Crippen LogP contribution is -2.45. The summed E-state index contributed by atoms with van der Waals surface area (Å²) < 4.78 is 45.2. The van der Waals surface area contributed by atoms with Crippen LogP contribution in [0.4, 0.5) is 14.5 Å². The highest BCUT2D eigenvalue weighted by molar-refractivity contribution is 6.06. The van der Waals surface area contributed by atoms with Gasteiger partial charge in [-0.3, -0.25) is 14.2 Å². The number of carbonyl (C=O) groups excluding carboxylic acids is 1. The molecule has 1 aliphatic carbocycles. The summed E-state index contributed by atoms with van der Waals surface area (Å²) in [5, 5.41) is 2.45. The van der Waals surface area contributed by atoms with Crippen molar-refractivity contribution in [3.05, 3.63) is 58.4 Å². The summed E-state index contributed by atoms with van der Waals surface area (Å²) in [5.41, 5.74) is 0.162. The normalized spacial score (nSPS) is 25.9. The summed E-state index contributed by atoms with van der Waals surface area (Å²) in [7, 11) is 0. The van der Waals surface area contributed by atoms with Crippen molar-refractivity contribution in [2.24, 2.45) is 0 Å². The number of pyridine rings is 2. The SMILES string of the molecule is CC12CC(c3cn4cc(C(=O)Nc5cccn(C(F)F)c5=O)c(OC5COC5)cc4n3)(CO1)C2. The minimum absolute atomic E-state index is 0.0971. The van der Waals surface area contributed by atoms with Crippen molar-refractivity contribution in [2.45, 2.75) is 43.4 Å². The molecule has 4 fully saturated rings. The van der Waals surface area contributed by atoms with E-state index in [-0.39, 0.29) is 38.7 Å². The third-order valence-electron chi connectivity index (χ3n) is 6.80. The summed E-state index contributed by atoms with van der Waals surface area (Å²) in [6.07, 6.45) is 5.99. The molecule has 0 radical (unpaired) electrons. The molecule has 1 saturated carbocycles. The number of alkyl halides is 2. The molecule has 0 spiro atoms. The van der Waals surface area contributed by atoms with Crippen molar-refractivity contribution < 1.29 is 27.8 Å². The van der Waals surface area contributed by atoms with Gasteiger partial charge in [-0.15, -0.1) is 0 Å². The van der Waals surface area contributed by atoms with E-state index in [4.69, 9.17) is 19.2 Å². The van der Waals surface area contributed by atoms with Crippen LogP contribution < -0.4 is 15.6 Å². The van der Waals surface area contributed by atoms with Crippen LogP contribution in [0.3, 0.4) is 0 Å². The number of hydrogen-bond donors (Lipinski definition) is 1. The molecule has 2 bridgehead atoms. The molecule has 7 rings (SSSR count). The Morgan fingerprint density at radius 2 is 2.12 bits per heavy atom. The fourth-order valence-electron chi connectivity index (χ4n) is 5.10. The van der Waals surface area contributed by atoms with Crippen molar-refractivity contribution in [3.8, 4) is 5.75 Å². The summed E-state index contributed by atoms with van der Waals surface area (Å²) >= 11 is 0. The van der Waals surface area contributed by atoms with Crippen molar-refractivity contribution in [2.75, 3.05) is 25.1 Å². The molecule has 1 amide bonds. The Kier molecular flexibility index (Phi) is 4.59. The van der Waals surface area contributed by atoms with Crippen LogP contribution in [0, 0.1) is 0 Å². The van der Waals surface area contributed by atoms with Crippen LogP contribution in [-0.4, -0.2) is 51.4 Å². The number of fused-ring (bicyclic) bond motifs is 2. The fraction of sp³-hybridized carbons (Fsp3) is 0.435. The van der Waals surface area contributed by atoms with Crippen LogP contribution in [0.15, 0.2) is 41.6 Å². The number of halogens is 2. The summed E-state index contributed by atoms with van der Waals surface area (Å²) in [4.78, 5) is 30.3. The highest BCUT2D eigenvalue weighted by Crippen LogP contribution is 2.58. The molecule has 4 aliphatic rings. The third-order valence-corrected chi connectivity index (χ3v) is 6.80. The minimum Gasteiger partial charge on any atom is -0.485 e. The molecule has 3 aromatic heterocycles. The molecule has 9 nitrogen and oxygen atoms in total. The molecule has 3 saturated heterocycles. The second kappa shape index (κ2) is 7.34. The molecule has 3 aliphatic heterocycles. The van der Waals surface area contributed by atoms with Gasteiger partial charge in [0.25, 0.3) is 11.5 Å². The first-order valence-electron chi connectivity index (χ1n) is 11.0. The first kappa shape index (κ1) is 21.2. The standard InChI is InChI=1S/C23H22F2N4O5/c1-22-10-23(11-22,12-33-22)17-7-28-6-14(16(5-18(28)27-17)34-13-8-32-9-13)19(30)26-15-3-2-4-29(20(15)31)21(24)25/h2-7,13,21H,8-12H2,1H3,(H,26,30). The van der Waals surface area contributed by atoms with Crippen LogP contribution in [0.25, 0.3) is 5.65 Å². The molecule has 178 valence electrons. The first-order chi connectivity index (χ1) is 16.3. The number of carbonyl (C=O) groups is 1. The molecule has 34 heavy (non-hydrogen) atoms. The maximum Gasteiger partial charge on any atom is 0.321 e. The molecule has 0 atom stereocenters. The third kappa shape index (κ3) is 3.30. The van der Waals surface area contributed by atoms with E-state index < -0.39 is 18.0 Å². The van der Waals surface area contributed by atoms with Crippen molar-refractivity contribution in [1.29, 1.82) is 0 Å². The molecule has 1 N–H and O–H groups in total. The van der Waals surface area contributed by atoms with Crippen LogP contribution in [-0.2, 0) is 14.9 Å². The number of anilines is 1. The van der Waals surface area contributed by atoms with Gasteiger partial charge in [0.05, 0.1) is 36.7 Å². The molecule has 11 heteroatoms. The number of nitrogens with zero attached hydrogens (tertiary/aromatic N) is 3. The van der Waals surface area contributed by atoms with Crippen molar-refractivity contribution in [1.82, 2.24) is 14.0 Å². The van der Waals surface area contributed by atoms with Crippen LogP contribution >= 0.6 is 0 Å². The van der Waals surface area contributed by atoms with E-state index in [0.717, 1.165) is 24.7 Å². The Hall–Kier alpha value is -3.31. The number of amides is 1. The van der Waals surface area contributed by atoms with Gasteiger partial charge in [0.15, 0.2) is 0 Å². The Balaban J connectivity index is 1.36. The highest BCUT2D eigenvalue weighted by Gasteiger charge is 2.61. The van der Waals surface area contributed by atoms with E-state index in [1.807, 2.05) is 6.20 Å². The number of rotatable bonds is 6. The monoisotopic (exact) mass is 472 g/mol. The van der Waals surface area contributed by atoms with Crippen LogP contribution in [0.5, 0.6) is 5.75 Å². The maximum absolute atomic E-state index is 13.2. The molecule has 0 aromatic carbocycles. The summed E-state index contributed by atoms with van der Waals surface area (Å²) in [5.74, 6) is -0.380. The Bertz CT molecular complexity index is 1360. The zero-order valence-electron chi connectivity index (χ0n) is 18.3. The molecular weight excluding hydrogens is 450 g/mol. The topological polar surface area (TPSA) is 96.1 Å². The van der Waals surface area contributed by atoms with Gasteiger partial charge >= 0.3 is 6.55 Å². The largest absolute Gasteiger partial charge is 0.485 e. The molecular formula is C23H22F2N4O5.